The van der Waals surface area contributed by atoms with Gasteiger partial charge in [-0.3, -0.25) is 4.79 Å². The molecular formula is C14H11FINO. The molecule has 0 aliphatic rings. The van der Waals surface area contributed by atoms with Crippen LogP contribution >= 0.6 is 22.6 Å². The monoisotopic (exact) mass is 355 g/mol. The van der Waals surface area contributed by atoms with Crippen LogP contribution < -0.4 is 5.73 Å². The van der Waals surface area contributed by atoms with Gasteiger partial charge >= 0.3 is 0 Å². The Bertz CT molecular complexity index is 581. The third kappa shape index (κ3) is 3.07. The van der Waals surface area contributed by atoms with Gasteiger partial charge in [-0.15, -0.1) is 0 Å². The highest BCUT2D eigenvalue weighted by Crippen LogP contribution is 2.15. The van der Waals surface area contributed by atoms with Crippen molar-refractivity contribution in [2.75, 3.05) is 5.73 Å². The number of nitrogen functional groups attached to an aromatic ring is 1. The summed E-state index contributed by atoms with van der Waals surface area (Å²) in [4.78, 5) is 12.0. The van der Waals surface area contributed by atoms with E-state index in [4.69, 9.17) is 5.73 Å². The number of hydrogen-bond donors (Lipinski definition) is 1. The molecule has 0 radical (unpaired) electrons. The first-order valence-electron chi connectivity index (χ1n) is 5.39. The highest BCUT2D eigenvalue weighted by molar-refractivity contribution is 14.1. The van der Waals surface area contributed by atoms with Crippen molar-refractivity contribution in [3.63, 3.8) is 0 Å². The second kappa shape index (κ2) is 5.48. The van der Waals surface area contributed by atoms with Gasteiger partial charge in [0.15, 0.2) is 5.78 Å². The molecular weight excluding hydrogens is 344 g/mol. The third-order valence-electron chi connectivity index (χ3n) is 2.60. The van der Waals surface area contributed by atoms with Gasteiger partial charge in [0, 0.05) is 15.6 Å². The Kier molecular flexibility index (Phi) is 3.96. The summed E-state index contributed by atoms with van der Waals surface area (Å²) in [5.74, 6) is -0.668. The smallest absolute Gasteiger partial charge is 0.167 e. The lowest BCUT2D eigenvalue weighted by Crippen LogP contribution is -2.05. The van der Waals surface area contributed by atoms with Crippen molar-refractivity contribution < 1.29 is 9.18 Å². The van der Waals surface area contributed by atoms with Crippen LogP contribution in [0.4, 0.5) is 10.1 Å². The number of carbonyl (C=O) groups is 1. The fourth-order valence-corrected chi connectivity index (χ4v) is 1.95. The Morgan fingerprint density at radius 1 is 1.17 bits per heavy atom. The maximum absolute atomic E-state index is 13.3. The molecule has 0 aromatic heterocycles. The summed E-state index contributed by atoms with van der Waals surface area (Å²) >= 11 is 2.20. The number of hydrogen-bond acceptors (Lipinski definition) is 2. The first-order valence-corrected chi connectivity index (χ1v) is 6.47. The van der Waals surface area contributed by atoms with Gasteiger partial charge in [-0.05, 0) is 58.5 Å². The summed E-state index contributed by atoms with van der Waals surface area (Å²) in [5, 5.41) is 0. The van der Waals surface area contributed by atoms with Crippen LogP contribution in [-0.4, -0.2) is 5.78 Å². The van der Waals surface area contributed by atoms with Gasteiger partial charge in [-0.2, -0.15) is 0 Å². The lowest BCUT2D eigenvalue weighted by atomic mass is 10.0. The Hall–Kier alpha value is -1.43. The largest absolute Gasteiger partial charge is 0.396 e. The van der Waals surface area contributed by atoms with E-state index in [0.29, 0.717) is 5.56 Å². The Morgan fingerprint density at radius 3 is 2.44 bits per heavy atom. The fraction of sp³-hybridized carbons (Fsp3) is 0.0714. The van der Waals surface area contributed by atoms with Crippen LogP contribution in [-0.2, 0) is 6.42 Å². The molecule has 92 valence electrons. The van der Waals surface area contributed by atoms with Gasteiger partial charge in [0.2, 0.25) is 0 Å². The molecule has 2 nitrogen and oxygen atoms in total. The molecule has 0 fully saturated rings. The van der Waals surface area contributed by atoms with Crippen molar-refractivity contribution in [3.8, 4) is 0 Å². The SMILES string of the molecule is Nc1ccc(C(=O)Cc2ccc(I)cc2)cc1F. The molecule has 2 aromatic rings. The van der Waals surface area contributed by atoms with Crippen LogP contribution in [0.1, 0.15) is 15.9 Å². The van der Waals surface area contributed by atoms with Crippen molar-refractivity contribution in [2.45, 2.75) is 6.42 Å². The molecule has 4 heteroatoms. The summed E-state index contributed by atoms with van der Waals surface area (Å²) in [6.07, 6.45) is 0.264. The van der Waals surface area contributed by atoms with Crippen molar-refractivity contribution in [3.05, 3.63) is 63.0 Å². The molecule has 0 heterocycles. The first-order chi connectivity index (χ1) is 8.56. The third-order valence-corrected chi connectivity index (χ3v) is 3.32. The average molecular weight is 355 g/mol. The summed E-state index contributed by atoms with van der Waals surface area (Å²) in [5.41, 5.74) is 6.69. The van der Waals surface area contributed by atoms with E-state index in [-0.39, 0.29) is 17.9 Å². The van der Waals surface area contributed by atoms with Crippen molar-refractivity contribution in [1.29, 1.82) is 0 Å². The summed E-state index contributed by atoms with van der Waals surface area (Å²) < 4.78 is 14.4. The normalized spacial score (nSPS) is 10.3. The summed E-state index contributed by atoms with van der Waals surface area (Å²) in [6.45, 7) is 0. The molecule has 2 aromatic carbocycles. The lowest BCUT2D eigenvalue weighted by molar-refractivity contribution is 0.0992. The van der Waals surface area contributed by atoms with Gasteiger partial charge in [-0.1, -0.05) is 12.1 Å². The quantitative estimate of drug-likeness (QED) is 0.521. The van der Waals surface area contributed by atoms with E-state index in [1.54, 1.807) is 6.07 Å². The van der Waals surface area contributed by atoms with Crippen molar-refractivity contribution in [2.24, 2.45) is 0 Å². The number of nitrogens with two attached hydrogens (primary N) is 1. The molecule has 0 saturated heterocycles. The molecule has 2 rings (SSSR count). The molecule has 0 aliphatic heterocycles. The van der Waals surface area contributed by atoms with Crippen LogP contribution in [0.3, 0.4) is 0 Å². The van der Waals surface area contributed by atoms with Gasteiger partial charge in [0.1, 0.15) is 5.82 Å². The zero-order valence-corrected chi connectivity index (χ0v) is 11.6. The van der Waals surface area contributed by atoms with Crippen molar-refractivity contribution in [1.82, 2.24) is 0 Å². The van der Waals surface area contributed by atoms with Gasteiger partial charge in [0.25, 0.3) is 0 Å². The van der Waals surface area contributed by atoms with Gasteiger partial charge < -0.3 is 5.73 Å². The second-order valence-electron chi connectivity index (χ2n) is 3.96. The standard InChI is InChI=1S/C14H11FINO/c15-12-8-10(3-6-13(12)17)14(18)7-9-1-4-11(16)5-2-9/h1-6,8H,7,17H2. The number of carbonyl (C=O) groups excluding carboxylic acids is 1. The predicted octanol–water partition coefficient (Wildman–Crippen LogP) is 3.44. The second-order valence-corrected chi connectivity index (χ2v) is 5.21. The number of anilines is 1. The minimum absolute atomic E-state index is 0.0563. The molecule has 0 aliphatic carbocycles. The average Bonchev–Trinajstić information content (AvgIpc) is 2.35. The van der Waals surface area contributed by atoms with Gasteiger partial charge in [0.05, 0.1) is 5.69 Å². The van der Waals surface area contributed by atoms with E-state index in [1.807, 2.05) is 24.3 Å². The van der Waals surface area contributed by atoms with Gasteiger partial charge in [-0.25, -0.2) is 4.39 Å². The molecule has 0 saturated carbocycles. The number of ketones is 1. The van der Waals surface area contributed by atoms with E-state index >= 15 is 0 Å². The summed E-state index contributed by atoms with van der Waals surface area (Å²) in [6, 6.07) is 11.8. The minimum Gasteiger partial charge on any atom is -0.396 e. The molecule has 0 atom stereocenters. The highest BCUT2D eigenvalue weighted by Gasteiger charge is 2.09. The maximum atomic E-state index is 13.3. The number of benzene rings is 2. The van der Waals surface area contributed by atoms with Crippen LogP contribution in [0.15, 0.2) is 42.5 Å². The Balaban J connectivity index is 2.16. The molecule has 0 amide bonds. The van der Waals surface area contributed by atoms with Crippen LogP contribution in [0.25, 0.3) is 0 Å². The molecule has 0 unspecified atom stereocenters. The topological polar surface area (TPSA) is 43.1 Å². The van der Waals surface area contributed by atoms with E-state index in [2.05, 4.69) is 22.6 Å². The van der Waals surface area contributed by atoms with E-state index < -0.39 is 5.82 Å². The van der Waals surface area contributed by atoms with Crippen LogP contribution in [0, 0.1) is 9.39 Å². The lowest BCUT2D eigenvalue weighted by Gasteiger charge is -2.03. The minimum atomic E-state index is -0.552. The first kappa shape index (κ1) is 13.0. The zero-order valence-electron chi connectivity index (χ0n) is 9.49. The fourth-order valence-electron chi connectivity index (χ4n) is 1.59. The Morgan fingerprint density at radius 2 is 1.83 bits per heavy atom. The van der Waals surface area contributed by atoms with Crippen molar-refractivity contribution >= 4 is 34.1 Å². The van der Waals surface area contributed by atoms with E-state index in [1.165, 1.54) is 12.1 Å². The van der Waals surface area contributed by atoms with E-state index in [9.17, 15) is 9.18 Å². The maximum Gasteiger partial charge on any atom is 0.167 e. The molecule has 0 bridgehead atoms. The van der Waals surface area contributed by atoms with Crippen LogP contribution in [0.2, 0.25) is 0 Å². The molecule has 0 spiro atoms. The number of Topliss-reactive ketones (excluding diaryl/α,β-unsaturated/α-hetero) is 1. The van der Waals surface area contributed by atoms with E-state index in [0.717, 1.165) is 9.13 Å². The molecule has 18 heavy (non-hydrogen) atoms. The number of halogens is 2. The highest BCUT2D eigenvalue weighted by atomic mass is 127. The Labute approximate surface area is 118 Å². The predicted molar refractivity (Wildman–Crippen MR) is 78.0 cm³/mol. The summed E-state index contributed by atoms with van der Waals surface area (Å²) in [7, 11) is 0. The van der Waals surface area contributed by atoms with Crippen LogP contribution in [0.5, 0.6) is 0 Å². The zero-order chi connectivity index (χ0) is 13.1. The number of rotatable bonds is 3. The molecule has 2 N–H and O–H groups in total.